The van der Waals surface area contributed by atoms with Crippen LogP contribution in [0.5, 0.6) is 11.5 Å². The number of anilines is 3. The number of hydrogen-bond acceptors (Lipinski definition) is 8. The average Bonchev–Trinajstić information content (AvgIpc) is 2.96. The van der Waals surface area contributed by atoms with Crippen LogP contribution in [0.4, 0.5) is 17.5 Å². The number of aryl methyl sites for hydroxylation is 1. The topological polar surface area (TPSA) is 74.3 Å². The molecule has 1 fully saturated rings. The lowest BCUT2D eigenvalue weighted by atomic mass is 10.0. The number of hydrogen-bond donors (Lipinski definition) is 0. The molecule has 1 amide bonds. The minimum Gasteiger partial charge on any atom is -0.497 e. The molecule has 2 aromatic carbocycles. The zero-order valence-electron chi connectivity index (χ0n) is 22.9. The molecule has 200 valence electrons. The van der Waals surface area contributed by atoms with E-state index in [1.54, 1.807) is 32.4 Å². The molecule has 2 aliphatic heterocycles. The Morgan fingerprint density at radius 1 is 0.868 bits per heavy atom. The van der Waals surface area contributed by atoms with E-state index in [0.29, 0.717) is 36.6 Å². The van der Waals surface area contributed by atoms with Crippen molar-refractivity contribution in [3.8, 4) is 11.5 Å². The zero-order valence-corrected chi connectivity index (χ0v) is 22.9. The maximum absolute atomic E-state index is 13.5. The van der Waals surface area contributed by atoms with Gasteiger partial charge in [0.1, 0.15) is 17.3 Å². The third kappa shape index (κ3) is 5.18. The number of carbonyl (C=O) groups excluding carboxylic acids is 1. The fourth-order valence-electron chi connectivity index (χ4n) is 5.10. The first kappa shape index (κ1) is 25.6. The summed E-state index contributed by atoms with van der Waals surface area (Å²) in [6.07, 6.45) is 0.682. The van der Waals surface area contributed by atoms with E-state index < -0.39 is 0 Å². The van der Waals surface area contributed by atoms with Crippen molar-refractivity contribution < 1.29 is 14.3 Å². The van der Waals surface area contributed by atoms with Crippen LogP contribution in [0.25, 0.3) is 0 Å². The first-order valence-electron chi connectivity index (χ1n) is 13.0. The highest BCUT2D eigenvalue weighted by Gasteiger charge is 2.29. The molecule has 0 unspecified atom stereocenters. The number of methoxy groups -OCH3 is 2. The van der Waals surface area contributed by atoms with Crippen LogP contribution in [0.2, 0.25) is 0 Å². The van der Waals surface area contributed by atoms with Crippen molar-refractivity contribution in [2.24, 2.45) is 0 Å². The van der Waals surface area contributed by atoms with Crippen LogP contribution in [0.3, 0.4) is 0 Å². The molecule has 2 aliphatic rings. The van der Waals surface area contributed by atoms with Gasteiger partial charge in [0.25, 0.3) is 5.91 Å². The maximum atomic E-state index is 13.5. The predicted octanol–water partition coefficient (Wildman–Crippen LogP) is 3.39. The summed E-state index contributed by atoms with van der Waals surface area (Å²) >= 11 is 0. The van der Waals surface area contributed by atoms with Crippen molar-refractivity contribution >= 4 is 23.4 Å². The highest BCUT2D eigenvalue weighted by Crippen LogP contribution is 2.31. The van der Waals surface area contributed by atoms with Gasteiger partial charge in [0, 0.05) is 76.1 Å². The molecular weight excluding hydrogens is 480 g/mol. The monoisotopic (exact) mass is 516 g/mol. The predicted molar refractivity (Wildman–Crippen MR) is 150 cm³/mol. The summed E-state index contributed by atoms with van der Waals surface area (Å²) in [6.45, 7) is 6.74. The van der Waals surface area contributed by atoms with E-state index in [-0.39, 0.29) is 5.91 Å². The maximum Gasteiger partial charge on any atom is 0.254 e. The minimum atomic E-state index is -0.0612. The van der Waals surface area contributed by atoms with Gasteiger partial charge in [-0.1, -0.05) is 17.7 Å². The molecule has 0 atom stereocenters. The van der Waals surface area contributed by atoms with E-state index >= 15 is 0 Å². The van der Waals surface area contributed by atoms with E-state index in [2.05, 4.69) is 41.0 Å². The highest BCUT2D eigenvalue weighted by atomic mass is 16.5. The largest absolute Gasteiger partial charge is 0.497 e. The number of nitrogens with zero attached hydrogens (tertiary/aromatic N) is 6. The van der Waals surface area contributed by atoms with Gasteiger partial charge in [-0.3, -0.25) is 4.79 Å². The molecule has 0 spiro atoms. The summed E-state index contributed by atoms with van der Waals surface area (Å²) < 4.78 is 10.7. The second-order valence-corrected chi connectivity index (χ2v) is 10.1. The van der Waals surface area contributed by atoms with Gasteiger partial charge in [-0.05, 0) is 31.2 Å². The zero-order chi connectivity index (χ0) is 26.8. The standard InChI is InChI=1S/C29H36N6O3/c1-20-6-8-22(9-7-20)33-12-14-34(15-13-33)29-30-26-10-11-35(19-25(26)27(31-29)32(2)3)28(36)21-16-23(37-4)18-24(17-21)38-5/h6-9,16-18H,10-15,19H2,1-5H3. The Hall–Kier alpha value is -4.01. The third-order valence-corrected chi connectivity index (χ3v) is 7.30. The fourth-order valence-corrected chi connectivity index (χ4v) is 5.10. The lowest BCUT2D eigenvalue weighted by Gasteiger charge is -2.37. The van der Waals surface area contributed by atoms with E-state index in [9.17, 15) is 4.79 Å². The molecule has 9 heteroatoms. The van der Waals surface area contributed by atoms with E-state index in [1.165, 1.54) is 11.3 Å². The molecule has 38 heavy (non-hydrogen) atoms. The van der Waals surface area contributed by atoms with Gasteiger partial charge >= 0.3 is 0 Å². The number of piperazine rings is 1. The van der Waals surface area contributed by atoms with E-state index in [1.807, 2.05) is 23.9 Å². The molecule has 5 rings (SSSR count). The Kier molecular flexibility index (Phi) is 7.26. The molecule has 3 heterocycles. The summed E-state index contributed by atoms with van der Waals surface area (Å²) in [5.74, 6) is 2.76. The second kappa shape index (κ2) is 10.8. The molecule has 1 saturated heterocycles. The van der Waals surface area contributed by atoms with Crippen molar-refractivity contribution in [2.75, 3.05) is 75.7 Å². The summed E-state index contributed by atoms with van der Waals surface area (Å²) in [4.78, 5) is 32.0. The SMILES string of the molecule is COc1cc(OC)cc(C(=O)N2CCc3nc(N4CCN(c5ccc(C)cc5)CC4)nc(N(C)C)c3C2)c1. The highest BCUT2D eigenvalue weighted by molar-refractivity contribution is 5.95. The van der Waals surface area contributed by atoms with Crippen LogP contribution in [0.1, 0.15) is 27.2 Å². The van der Waals surface area contributed by atoms with E-state index in [0.717, 1.165) is 49.2 Å². The van der Waals surface area contributed by atoms with Crippen LogP contribution >= 0.6 is 0 Å². The number of carbonyl (C=O) groups is 1. The normalized spacial score (nSPS) is 15.2. The van der Waals surface area contributed by atoms with E-state index in [4.69, 9.17) is 19.4 Å². The smallest absolute Gasteiger partial charge is 0.254 e. The number of rotatable bonds is 6. The Balaban J connectivity index is 1.34. The molecule has 0 N–H and O–H groups in total. The molecule has 0 aliphatic carbocycles. The quantitative estimate of drug-likeness (QED) is 0.494. The number of ether oxygens (including phenoxy) is 2. The summed E-state index contributed by atoms with van der Waals surface area (Å²) in [6, 6.07) is 14.0. The van der Waals surface area contributed by atoms with Crippen molar-refractivity contribution in [1.29, 1.82) is 0 Å². The van der Waals surface area contributed by atoms with Gasteiger partial charge in [0.05, 0.1) is 26.5 Å². The van der Waals surface area contributed by atoms with Crippen LogP contribution in [0.15, 0.2) is 42.5 Å². The van der Waals surface area contributed by atoms with Crippen molar-refractivity contribution in [2.45, 2.75) is 19.9 Å². The molecule has 1 aromatic heterocycles. The Morgan fingerprint density at radius 2 is 1.50 bits per heavy atom. The number of benzene rings is 2. The minimum absolute atomic E-state index is 0.0612. The third-order valence-electron chi connectivity index (χ3n) is 7.30. The van der Waals surface area contributed by atoms with Crippen molar-refractivity contribution in [3.63, 3.8) is 0 Å². The van der Waals surface area contributed by atoms with Gasteiger partial charge < -0.3 is 29.1 Å². The van der Waals surface area contributed by atoms with Gasteiger partial charge in [-0.25, -0.2) is 4.98 Å². The fraction of sp³-hybridized carbons (Fsp3) is 0.414. The number of aromatic nitrogens is 2. The van der Waals surface area contributed by atoms with Gasteiger partial charge in [-0.2, -0.15) is 4.98 Å². The first-order valence-corrected chi connectivity index (χ1v) is 13.0. The first-order chi connectivity index (χ1) is 18.4. The van der Waals surface area contributed by atoms with Crippen molar-refractivity contribution in [3.05, 3.63) is 64.8 Å². The molecule has 0 bridgehead atoms. The van der Waals surface area contributed by atoms with Crippen LogP contribution in [-0.4, -0.2) is 81.8 Å². The Morgan fingerprint density at radius 3 is 2.11 bits per heavy atom. The molecule has 3 aromatic rings. The summed E-state index contributed by atoms with van der Waals surface area (Å²) in [5.41, 5.74) is 5.10. The lowest BCUT2D eigenvalue weighted by Crippen LogP contribution is -2.47. The molecule has 0 saturated carbocycles. The number of amides is 1. The lowest BCUT2D eigenvalue weighted by molar-refractivity contribution is 0.0733. The van der Waals surface area contributed by atoms with Crippen molar-refractivity contribution in [1.82, 2.24) is 14.9 Å². The molecule has 0 radical (unpaired) electrons. The second-order valence-electron chi connectivity index (χ2n) is 10.1. The van der Waals surface area contributed by atoms with Crippen LogP contribution < -0.4 is 24.2 Å². The van der Waals surface area contributed by atoms with Gasteiger partial charge in [0.2, 0.25) is 5.95 Å². The molecule has 9 nitrogen and oxygen atoms in total. The van der Waals surface area contributed by atoms with Crippen LogP contribution in [0, 0.1) is 6.92 Å². The van der Waals surface area contributed by atoms with Gasteiger partial charge in [0.15, 0.2) is 0 Å². The Labute approximate surface area is 224 Å². The van der Waals surface area contributed by atoms with Crippen LogP contribution in [-0.2, 0) is 13.0 Å². The summed E-state index contributed by atoms with van der Waals surface area (Å²) in [5, 5.41) is 0. The molecular formula is C29H36N6O3. The van der Waals surface area contributed by atoms with Gasteiger partial charge in [-0.15, -0.1) is 0 Å². The number of fused-ring (bicyclic) bond motifs is 1. The average molecular weight is 517 g/mol. The Bertz CT molecular complexity index is 1280. The summed E-state index contributed by atoms with van der Waals surface area (Å²) in [7, 11) is 7.16.